The van der Waals surface area contributed by atoms with E-state index >= 15 is 0 Å². The average molecular weight is 401 g/mol. The van der Waals surface area contributed by atoms with Crippen LogP contribution >= 0.6 is 0 Å². The molecule has 0 saturated carbocycles. The van der Waals surface area contributed by atoms with Crippen molar-refractivity contribution in [1.29, 1.82) is 0 Å². The molecule has 1 fully saturated rings. The quantitative estimate of drug-likeness (QED) is 0.550. The first-order valence-corrected chi connectivity index (χ1v) is 10.6. The van der Waals surface area contributed by atoms with Crippen LogP contribution in [-0.4, -0.2) is 56.9 Å². The van der Waals surface area contributed by atoms with Crippen LogP contribution in [0.15, 0.2) is 65.6 Å². The highest BCUT2D eigenvalue weighted by Crippen LogP contribution is 2.18. The van der Waals surface area contributed by atoms with Crippen LogP contribution in [0.3, 0.4) is 0 Å². The van der Waals surface area contributed by atoms with E-state index in [-0.39, 0.29) is 5.97 Å². The molecular weight excluding hydrogens is 376 g/mol. The van der Waals surface area contributed by atoms with Crippen LogP contribution in [-0.2, 0) is 26.1 Å². The van der Waals surface area contributed by atoms with E-state index in [9.17, 15) is 13.2 Å². The van der Waals surface area contributed by atoms with Crippen LogP contribution in [0.5, 0.6) is 0 Å². The molecule has 0 unspecified atom stereocenters. The number of benzene rings is 2. The number of methoxy groups -OCH3 is 1. The monoisotopic (exact) mass is 400 g/mol. The molecule has 1 aliphatic heterocycles. The summed E-state index contributed by atoms with van der Waals surface area (Å²) in [5.74, 6) is -0.382. The van der Waals surface area contributed by atoms with Gasteiger partial charge < -0.3 is 4.74 Å². The number of piperazine rings is 1. The van der Waals surface area contributed by atoms with E-state index in [4.69, 9.17) is 0 Å². The third-order valence-electron chi connectivity index (χ3n) is 4.71. The Morgan fingerprint density at radius 2 is 1.64 bits per heavy atom. The molecule has 1 saturated heterocycles. The highest BCUT2D eigenvalue weighted by Gasteiger charge is 2.28. The second-order valence-corrected chi connectivity index (χ2v) is 8.53. The Kier molecular flexibility index (Phi) is 6.61. The number of hydrogen-bond acceptors (Lipinski definition) is 5. The van der Waals surface area contributed by atoms with Crippen molar-refractivity contribution in [2.75, 3.05) is 33.3 Å². The Labute approximate surface area is 166 Å². The van der Waals surface area contributed by atoms with Gasteiger partial charge in [-0.25, -0.2) is 13.2 Å². The van der Waals surface area contributed by atoms with Gasteiger partial charge in [0.05, 0.1) is 12.0 Å². The van der Waals surface area contributed by atoms with Crippen molar-refractivity contribution in [3.05, 3.63) is 71.8 Å². The van der Waals surface area contributed by atoms with Crippen LogP contribution < -0.4 is 0 Å². The summed E-state index contributed by atoms with van der Waals surface area (Å²) >= 11 is 0. The third-order valence-corrected chi connectivity index (χ3v) is 6.62. The summed E-state index contributed by atoms with van der Waals surface area (Å²) in [7, 11) is -2.07. The van der Waals surface area contributed by atoms with Gasteiger partial charge in [0.15, 0.2) is 0 Å². The minimum Gasteiger partial charge on any atom is -0.466 e. The van der Waals surface area contributed by atoms with E-state index < -0.39 is 10.0 Å². The Balaban J connectivity index is 1.54. The number of carbonyl (C=O) groups excluding carboxylic acids is 1. The lowest BCUT2D eigenvalue weighted by Gasteiger charge is -2.34. The van der Waals surface area contributed by atoms with E-state index in [1.54, 1.807) is 34.6 Å². The molecule has 0 radical (unpaired) electrons. The normalized spacial score (nSPS) is 16.3. The molecule has 0 spiro atoms. The maximum atomic E-state index is 12.7. The molecular formula is C21H24N2O4S. The highest BCUT2D eigenvalue weighted by molar-refractivity contribution is 7.89. The summed E-state index contributed by atoms with van der Waals surface area (Å²) < 4.78 is 31.5. The van der Waals surface area contributed by atoms with Gasteiger partial charge in [-0.1, -0.05) is 42.5 Å². The molecule has 1 aliphatic rings. The van der Waals surface area contributed by atoms with Gasteiger partial charge >= 0.3 is 5.97 Å². The molecule has 0 amide bonds. The predicted molar refractivity (Wildman–Crippen MR) is 108 cm³/mol. The van der Waals surface area contributed by atoms with E-state index in [0.29, 0.717) is 31.1 Å². The summed E-state index contributed by atoms with van der Waals surface area (Å²) in [4.78, 5) is 13.7. The van der Waals surface area contributed by atoms with Crippen LogP contribution in [0.25, 0.3) is 6.08 Å². The molecule has 28 heavy (non-hydrogen) atoms. The molecule has 0 N–H and O–H groups in total. The summed E-state index contributed by atoms with van der Waals surface area (Å²) in [6.45, 7) is 3.11. The van der Waals surface area contributed by atoms with E-state index in [1.807, 2.05) is 30.3 Å². The maximum absolute atomic E-state index is 12.7. The Morgan fingerprint density at radius 3 is 2.25 bits per heavy atom. The van der Waals surface area contributed by atoms with Crippen molar-refractivity contribution in [3.8, 4) is 0 Å². The minimum atomic E-state index is -3.42. The fraction of sp³-hybridized carbons (Fsp3) is 0.286. The lowest BCUT2D eigenvalue weighted by Crippen LogP contribution is -2.48. The number of sulfonamides is 1. The van der Waals surface area contributed by atoms with Crippen molar-refractivity contribution in [2.45, 2.75) is 11.4 Å². The molecule has 7 heteroatoms. The van der Waals surface area contributed by atoms with E-state index in [1.165, 1.54) is 13.2 Å². The van der Waals surface area contributed by atoms with Gasteiger partial charge in [0, 0.05) is 38.8 Å². The van der Waals surface area contributed by atoms with Crippen molar-refractivity contribution < 1.29 is 17.9 Å². The van der Waals surface area contributed by atoms with Gasteiger partial charge in [0.1, 0.15) is 0 Å². The van der Waals surface area contributed by atoms with Gasteiger partial charge in [-0.05, 0) is 29.3 Å². The average Bonchev–Trinajstić information content (AvgIpc) is 2.74. The fourth-order valence-electron chi connectivity index (χ4n) is 3.09. The summed E-state index contributed by atoms with van der Waals surface area (Å²) in [5, 5.41) is 0. The maximum Gasteiger partial charge on any atom is 0.330 e. The first kappa shape index (κ1) is 20.3. The molecule has 0 bridgehead atoms. The van der Waals surface area contributed by atoms with Gasteiger partial charge in [0.25, 0.3) is 0 Å². The molecule has 0 aromatic heterocycles. The van der Waals surface area contributed by atoms with E-state index in [0.717, 1.165) is 17.7 Å². The zero-order valence-corrected chi connectivity index (χ0v) is 16.6. The summed E-state index contributed by atoms with van der Waals surface area (Å²) in [6.07, 6.45) is 3.10. The first-order chi connectivity index (χ1) is 13.5. The van der Waals surface area contributed by atoms with Crippen LogP contribution in [0, 0.1) is 0 Å². The van der Waals surface area contributed by atoms with Gasteiger partial charge in [-0.15, -0.1) is 0 Å². The van der Waals surface area contributed by atoms with E-state index in [2.05, 4.69) is 9.64 Å². The zero-order chi connectivity index (χ0) is 20.0. The fourth-order valence-corrected chi connectivity index (χ4v) is 4.54. The lowest BCUT2D eigenvalue weighted by atomic mass is 10.1. The van der Waals surface area contributed by atoms with Crippen molar-refractivity contribution >= 4 is 22.1 Å². The van der Waals surface area contributed by atoms with Crippen LogP contribution in [0.4, 0.5) is 0 Å². The lowest BCUT2D eigenvalue weighted by molar-refractivity contribution is -0.134. The van der Waals surface area contributed by atoms with Crippen molar-refractivity contribution in [2.24, 2.45) is 0 Å². The smallest absolute Gasteiger partial charge is 0.330 e. The molecule has 0 aliphatic carbocycles. The largest absolute Gasteiger partial charge is 0.466 e. The third kappa shape index (κ3) is 5.07. The molecule has 3 rings (SSSR count). The Bertz CT molecular complexity index is 917. The highest BCUT2D eigenvalue weighted by atomic mass is 32.2. The number of carbonyl (C=O) groups is 1. The second kappa shape index (κ2) is 9.14. The molecule has 2 aromatic rings. The summed E-state index contributed by atoms with van der Waals surface area (Å²) in [5.41, 5.74) is 2.07. The topological polar surface area (TPSA) is 66.9 Å². The second-order valence-electron chi connectivity index (χ2n) is 6.59. The molecule has 6 nitrogen and oxygen atoms in total. The van der Waals surface area contributed by atoms with Gasteiger partial charge in [-0.2, -0.15) is 4.31 Å². The van der Waals surface area contributed by atoms with Crippen molar-refractivity contribution in [3.63, 3.8) is 0 Å². The van der Waals surface area contributed by atoms with Gasteiger partial charge in [0.2, 0.25) is 10.0 Å². The van der Waals surface area contributed by atoms with Gasteiger partial charge in [-0.3, -0.25) is 4.90 Å². The predicted octanol–water partition coefficient (Wildman–Crippen LogP) is 2.38. The Hall–Kier alpha value is -2.48. The number of nitrogens with zero attached hydrogens (tertiary/aromatic N) is 2. The molecule has 2 aromatic carbocycles. The number of esters is 1. The van der Waals surface area contributed by atoms with Crippen LogP contribution in [0.1, 0.15) is 11.1 Å². The number of ether oxygens (including phenoxy) is 1. The zero-order valence-electron chi connectivity index (χ0n) is 15.8. The van der Waals surface area contributed by atoms with Crippen LogP contribution in [0.2, 0.25) is 0 Å². The summed E-state index contributed by atoms with van der Waals surface area (Å²) in [6, 6.07) is 16.5. The molecule has 148 valence electrons. The van der Waals surface area contributed by atoms with Crippen molar-refractivity contribution in [1.82, 2.24) is 9.21 Å². The Morgan fingerprint density at radius 1 is 1.00 bits per heavy atom. The number of rotatable bonds is 6. The first-order valence-electron chi connectivity index (χ1n) is 9.11. The standard InChI is InChI=1S/C21H24N2O4S/c1-27-21(24)12-11-18-7-9-19(10-8-18)17-22-13-15-23(16-14-22)28(25,26)20-5-3-2-4-6-20/h2-12H,13-17H2,1H3/b12-11+. The molecule has 0 atom stereocenters. The minimum absolute atomic E-state index is 0.346. The SMILES string of the molecule is COC(=O)/C=C/c1ccc(CN2CCN(S(=O)(=O)c3ccccc3)CC2)cc1. The number of hydrogen-bond donors (Lipinski definition) is 0. The molecule has 1 heterocycles.